The Morgan fingerprint density at radius 3 is 2.67 bits per heavy atom. The number of carbonyl (C=O) groups is 2. The summed E-state index contributed by atoms with van der Waals surface area (Å²) in [4.78, 5) is 23.0. The van der Waals surface area contributed by atoms with Crippen LogP contribution in [-0.4, -0.2) is 32.1 Å². The molecule has 5 nitrogen and oxygen atoms in total. The molecule has 0 radical (unpaired) electrons. The van der Waals surface area contributed by atoms with E-state index in [0.29, 0.717) is 25.3 Å². The first-order valence-electron chi connectivity index (χ1n) is 5.48. The zero-order chi connectivity index (χ0) is 13.4. The van der Waals surface area contributed by atoms with Crippen LogP contribution >= 0.6 is 15.9 Å². The highest BCUT2D eigenvalue weighted by molar-refractivity contribution is 9.10. The van der Waals surface area contributed by atoms with E-state index in [4.69, 9.17) is 4.74 Å². The second-order valence-corrected chi connectivity index (χ2v) is 4.39. The summed E-state index contributed by atoms with van der Waals surface area (Å²) in [6.45, 7) is 0.961. The number of carbonyl (C=O) groups excluding carboxylic acids is 2. The lowest BCUT2D eigenvalue weighted by molar-refractivity contribution is -0.136. The summed E-state index contributed by atoms with van der Waals surface area (Å²) in [5, 5.41) is 5.03. The van der Waals surface area contributed by atoms with E-state index < -0.39 is 11.8 Å². The van der Waals surface area contributed by atoms with Crippen molar-refractivity contribution in [1.29, 1.82) is 0 Å². The van der Waals surface area contributed by atoms with Crippen molar-refractivity contribution < 1.29 is 14.3 Å². The number of anilines is 1. The first kappa shape index (κ1) is 14.7. The second kappa shape index (κ2) is 7.84. The molecule has 0 heterocycles. The molecule has 0 spiro atoms. The van der Waals surface area contributed by atoms with Crippen molar-refractivity contribution in [3.05, 3.63) is 28.7 Å². The maximum Gasteiger partial charge on any atom is 0.313 e. The number of nitrogens with one attached hydrogen (secondary N) is 2. The van der Waals surface area contributed by atoms with Crippen molar-refractivity contribution >= 4 is 33.4 Å². The standard InChI is InChI=1S/C12H15BrN2O3/c1-18-8-4-7-14-11(16)12(17)15-10-6-3-2-5-9(10)13/h2-3,5-6H,4,7-8H2,1H3,(H,14,16)(H,15,17). The van der Waals surface area contributed by atoms with Crippen molar-refractivity contribution in [2.75, 3.05) is 25.6 Å². The summed E-state index contributed by atoms with van der Waals surface area (Å²) >= 11 is 3.28. The molecule has 0 saturated heterocycles. The molecular formula is C12H15BrN2O3. The molecule has 0 aliphatic rings. The molecule has 0 aliphatic carbocycles. The third-order valence-corrected chi connectivity index (χ3v) is 2.83. The van der Waals surface area contributed by atoms with E-state index in [9.17, 15) is 9.59 Å². The van der Waals surface area contributed by atoms with Gasteiger partial charge < -0.3 is 15.4 Å². The molecular weight excluding hydrogens is 300 g/mol. The van der Waals surface area contributed by atoms with E-state index in [-0.39, 0.29) is 0 Å². The molecule has 0 bridgehead atoms. The maximum absolute atomic E-state index is 11.6. The number of para-hydroxylation sites is 1. The molecule has 18 heavy (non-hydrogen) atoms. The van der Waals surface area contributed by atoms with Crippen LogP contribution in [0.5, 0.6) is 0 Å². The molecule has 6 heteroatoms. The van der Waals surface area contributed by atoms with Gasteiger partial charge in [0.1, 0.15) is 0 Å². The number of hydrogen-bond acceptors (Lipinski definition) is 3. The van der Waals surface area contributed by atoms with Crippen LogP contribution in [0.2, 0.25) is 0 Å². The van der Waals surface area contributed by atoms with Crippen LogP contribution in [0.3, 0.4) is 0 Å². The van der Waals surface area contributed by atoms with Gasteiger partial charge in [-0.05, 0) is 34.5 Å². The maximum atomic E-state index is 11.6. The smallest absolute Gasteiger partial charge is 0.313 e. The van der Waals surface area contributed by atoms with Gasteiger partial charge in [0.2, 0.25) is 0 Å². The first-order valence-corrected chi connectivity index (χ1v) is 6.27. The summed E-state index contributed by atoms with van der Waals surface area (Å²) in [7, 11) is 1.58. The minimum absolute atomic E-state index is 0.413. The number of hydrogen-bond donors (Lipinski definition) is 2. The Hall–Kier alpha value is -1.40. The van der Waals surface area contributed by atoms with Gasteiger partial charge in [0, 0.05) is 24.7 Å². The Balaban J connectivity index is 2.41. The molecule has 98 valence electrons. The molecule has 0 atom stereocenters. The van der Waals surface area contributed by atoms with Gasteiger partial charge in [0.15, 0.2) is 0 Å². The number of methoxy groups -OCH3 is 1. The van der Waals surface area contributed by atoms with Gasteiger partial charge in [-0.3, -0.25) is 9.59 Å². The lowest BCUT2D eigenvalue weighted by atomic mass is 10.3. The number of ether oxygens (including phenoxy) is 1. The van der Waals surface area contributed by atoms with Gasteiger partial charge in [0.25, 0.3) is 0 Å². The van der Waals surface area contributed by atoms with Crippen molar-refractivity contribution in [1.82, 2.24) is 5.32 Å². The monoisotopic (exact) mass is 314 g/mol. The van der Waals surface area contributed by atoms with Crippen molar-refractivity contribution in [3.63, 3.8) is 0 Å². The minimum Gasteiger partial charge on any atom is -0.385 e. The van der Waals surface area contributed by atoms with Gasteiger partial charge in [-0.1, -0.05) is 12.1 Å². The Morgan fingerprint density at radius 2 is 2.00 bits per heavy atom. The van der Waals surface area contributed by atoms with Gasteiger partial charge in [-0.15, -0.1) is 0 Å². The molecule has 2 N–H and O–H groups in total. The molecule has 0 fully saturated rings. The van der Waals surface area contributed by atoms with Gasteiger partial charge in [-0.2, -0.15) is 0 Å². The molecule has 1 rings (SSSR count). The number of benzene rings is 1. The van der Waals surface area contributed by atoms with E-state index in [1.807, 2.05) is 6.07 Å². The quantitative estimate of drug-likeness (QED) is 0.640. The van der Waals surface area contributed by atoms with Crippen LogP contribution < -0.4 is 10.6 Å². The minimum atomic E-state index is -0.681. The molecule has 0 saturated carbocycles. The van der Waals surface area contributed by atoms with Crippen LogP contribution in [0.15, 0.2) is 28.7 Å². The number of halogens is 1. The summed E-state index contributed by atoms with van der Waals surface area (Å²) in [6.07, 6.45) is 0.671. The normalized spacial score (nSPS) is 9.89. The lowest BCUT2D eigenvalue weighted by Crippen LogP contribution is -2.36. The highest BCUT2D eigenvalue weighted by Crippen LogP contribution is 2.20. The van der Waals surface area contributed by atoms with E-state index in [1.165, 1.54) is 0 Å². The molecule has 0 aromatic heterocycles. The van der Waals surface area contributed by atoms with Crippen LogP contribution in [0, 0.1) is 0 Å². The van der Waals surface area contributed by atoms with Crippen molar-refractivity contribution in [2.45, 2.75) is 6.42 Å². The molecule has 2 amide bonds. The number of amides is 2. The lowest BCUT2D eigenvalue weighted by Gasteiger charge is -2.07. The zero-order valence-electron chi connectivity index (χ0n) is 10.0. The van der Waals surface area contributed by atoms with Crippen LogP contribution in [-0.2, 0) is 14.3 Å². The van der Waals surface area contributed by atoms with E-state index in [1.54, 1.807) is 25.3 Å². The average molecular weight is 315 g/mol. The Kier molecular flexibility index (Phi) is 6.38. The van der Waals surface area contributed by atoms with E-state index in [2.05, 4.69) is 26.6 Å². The van der Waals surface area contributed by atoms with Crippen LogP contribution in [0.1, 0.15) is 6.42 Å². The van der Waals surface area contributed by atoms with Crippen LogP contribution in [0.25, 0.3) is 0 Å². The van der Waals surface area contributed by atoms with Gasteiger partial charge >= 0.3 is 11.8 Å². The molecule has 0 unspecified atom stereocenters. The average Bonchev–Trinajstić information content (AvgIpc) is 2.37. The first-order chi connectivity index (χ1) is 8.65. The van der Waals surface area contributed by atoms with Crippen LogP contribution in [0.4, 0.5) is 5.69 Å². The van der Waals surface area contributed by atoms with Gasteiger partial charge in [-0.25, -0.2) is 0 Å². The third kappa shape index (κ3) is 4.85. The molecule has 1 aromatic rings. The van der Waals surface area contributed by atoms with E-state index in [0.717, 1.165) is 4.47 Å². The third-order valence-electron chi connectivity index (χ3n) is 2.14. The van der Waals surface area contributed by atoms with Gasteiger partial charge in [0.05, 0.1) is 5.69 Å². The largest absolute Gasteiger partial charge is 0.385 e. The van der Waals surface area contributed by atoms with Crippen molar-refractivity contribution in [3.8, 4) is 0 Å². The predicted molar refractivity (Wildman–Crippen MR) is 72.3 cm³/mol. The zero-order valence-corrected chi connectivity index (χ0v) is 11.6. The Morgan fingerprint density at radius 1 is 1.28 bits per heavy atom. The Labute approximate surface area is 114 Å². The fourth-order valence-electron chi connectivity index (χ4n) is 1.24. The van der Waals surface area contributed by atoms with Crippen molar-refractivity contribution in [2.24, 2.45) is 0 Å². The fraction of sp³-hybridized carbons (Fsp3) is 0.333. The predicted octanol–water partition coefficient (Wildman–Crippen LogP) is 1.54. The molecule has 0 aliphatic heterocycles. The summed E-state index contributed by atoms with van der Waals surface area (Å²) in [5.74, 6) is -1.33. The highest BCUT2D eigenvalue weighted by atomic mass is 79.9. The molecule has 1 aromatic carbocycles. The van der Waals surface area contributed by atoms with E-state index >= 15 is 0 Å². The summed E-state index contributed by atoms with van der Waals surface area (Å²) in [5.41, 5.74) is 0.564. The summed E-state index contributed by atoms with van der Waals surface area (Å²) in [6, 6.07) is 7.09. The topological polar surface area (TPSA) is 67.4 Å². The highest BCUT2D eigenvalue weighted by Gasteiger charge is 2.13. The summed E-state index contributed by atoms with van der Waals surface area (Å²) < 4.78 is 5.56. The fourth-order valence-corrected chi connectivity index (χ4v) is 1.62. The number of rotatable bonds is 5. The Bertz CT molecular complexity index is 424. The second-order valence-electron chi connectivity index (χ2n) is 3.54. The SMILES string of the molecule is COCCCNC(=O)C(=O)Nc1ccccc1Br.